The van der Waals surface area contributed by atoms with Crippen LogP contribution in [0.3, 0.4) is 0 Å². The van der Waals surface area contributed by atoms with Crippen LogP contribution in [-0.4, -0.2) is 25.0 Å². The van der Waals surface area contributed by atoms with Crippen molar-refractivity contribution in [3.63, 3.8) is 0 Å². The summed E-state index contributed by atoms with van der Waals surface area (Å²) in [6.45, 7) is 3.89. The minimum absolute atomic E-state index is 0.0799. The molecular formula is C19H21FN2O3. The first-order chi connectivity index (χ1) is 12.0. The highest BCUT2D eigenvalue weighted by molar-refractivity contribution is 5.95. The van der Waals surface area contributed by atoms with E-state index < -0.39 is 5.82 Å². The number of hydrogen-bond donors (Lipinski definition) is 1. The van der Waals surface area contributed by atoms with Gasteiger partial charge in [-0.3, -0.25) is 9.59 Å². The number of anilines is 2. The minimum atomic E-state index is -0.432. The molecule has 6 heteroatoms. The highest BCUT2D eigenvalue weighted by atomic mass is 19.1. The van der Waals surface area contributed by atoms with Gasteiger partial charge in [-0.05, 0) is 37.3 Å². The number of para-hydroxylation sites is 2. The van der Waals surface area contributed by atoms with Gasteiger partial charge in [0.05, 0.1) is 12.3 Å². The summed E-state index contributed by atoms with van der Waals surface area (Å²) in [7, 11) is 0. The van der Waals surface area contributed by atoms with Crippen molar-refractivity contribution in [3.8, 4) is 5.75 Å². The number of nitrogens with zero attached hydrogens (tertiary/aromatic N) is 1. The summed E-state index contributed by atoms with van der Waals surface area (Å²) >= 11 is 0. The molecule has 0 atom stereocenters. The summed E-state index contributed by atoms with van der Waals surface area (Å²) in [5.74, 6) is -0.353. The molecule has 0 aromatic heterocycles. The van der Waals surface area contributed by atoms with Crippen molar-refractivity contribution in [2.45, 2.75) is 20.3 Å². The molecular weight excluding hydrogens is 323 g/mol. The molecule has 2 rings (SSSR count). The van der Waals surface area contributed by atoms with Gasteiger partial charge in [-0.1, -0.05) is 18.2 Å². The molecule has 2 amide bonds. The normalized spacial score (nSPS) is 10.2. The molecule has 1 N–H and O–H groups in total. The predicted octanol–water partition coefficient (Wildman–Crippen LogP) is 3.61. The highest BCUT2D eigenvalue weighted by Crippen LogP contribution is 2.24. The Hall–Kier alpha value is -2.89. The van der Waals surface area contributed by atoms with Gasteiger partial charge in [0.15, 0.2) is 0 Å². The number of carbonyl (C=O) groups is 2. The number of benzene rings is 2. The Morgan fingerprint density at radius 1 is 1.16 bits per heavy atom. The van der Waals surface area contributed by atoms with Crippen molar-refractivity contribution in [1.82, 2.24) is 0 Å². The van der Waals surface area contributed by atoms with Crippen LogP contribution in [0.5, 0.6) is 5.75 Å². The topological polar surface area (TPSA) is 58.6 Å². The number of nitrogens with one attached hydrogen (secondary N) is 1. The Bertz CT molecular complexity index is 749. The van der Waals surface area contributed by atoms with Crippen molar-refractivity contribution >= 4 is 23.2 Å². The third kappa shape index (κ3) is 5.31. The average Bonchev–Trinajstić information content (AvgIpc) is 2.57. The molecule has 0 aliphatic heterocycles. The van der Waals surface area contributed by atoms with E-state index in [2.05, 4.69) is 5.32 Å². The van der Waals surface area contributed by atoms with E-state index >= 15 is 0 Å². The van der Waals surface area contributed by atoms with Crippen LogP contribution in [0.25, 0.3) is 0 Å². The van der Waals surface area contributed by atoms with Gasteiger partial charge in [0.2, 0.25) is 11.8 Å². The molecule has 0 saturated carbocycles. The zero-order valence-electron chi connectivity index (χ0n) is 14.3. The lowest BCUT2D eigenvalue weighted by Crippen LogP contribution is -2.32. The molecule has 0 aliphatic rings. The van der Waals surface area contributed by atoms with Gasteiger partial charge in [-0.25, -0.2) is 4.39 Å². The summed E-state index contributed by atoms with van der Waals surface area (Å²) in [4.78, 5) is 25.4. The van der Waals surface area contributed by atoms with Crippen LogP contribution in [0, 0.1) is 5.82 Å². The quantitative estimate of drug-likeness (QED) is 0.835. The van der Waals surface area contributed by atoms with E-state index in [1.807, 2.05) is 13.0 Å². The Morgan fingerprint density at radius 2 is 1.92 bits per heavy atom. The van der Waals surface area contributed by atoms with E-state index in [-0.39, 0.29) is 24.8 Å². The lowest BCUT2D eigenvalue weighted by molar-refractivity contribution is -0.117. The number of hydrogen-bond acceptors (Lipinski definition) is 3. The third-order valence-corrected chi connectivity index (χ3v) is 3.52. The Morgan fingerprint density at radius 3 is 2.60 bits per heavy atom. The van der Waals surface area contributed by atoms with Gasteiger partial charge in [0.1, 0.15) is 11.6 Å². The molecule has 5 nitrogen and oxygen atoms in total. The Balaban J connectivity index is 2.01. The molecule has 0 aliphatic carbocycles. The third-order valence-electron chi connectivity index (χ3n) is 3.52. The molecule has 0 heterocycles. The van der Waals surface area contributed by atoms with E-state index in [1.165, 1.54) is 30.0 Å². The first kappa shape index (κ1) is 18.4. The highest BCUT2D eigenvalue weighted by Gasteiger charge is 2.15. The van der Waals surface area contributed by atoms with Crippen LogP contribution in [-0.2, 0) is 9.59 Å². The number of halogens is 1. The molecule has 0 unspecified atom stereocenters. The van der Waals surface area contributed by atoms with Crippen molar-refractivity contribution < 1.29 is 18.7 Å². The van der Waals surface area contributed by atoms with Gasteiger partial charge in [-0.2, -0.15) is 0 Å². The molecule has 0 fully saturated rings. The van der Waals surface area contributed by atoms with E-state index in [4.69, 9.17) is 4.74 Å². The predicted molar refractivity (Wildman–Crippen MR) is 95.3 cm³/mol. The van der Waals surface area contributed by atoms with Crippen molar-refractivity contribution in [1.29, 1.82) is 0 Å². The van der Waals surface area contributed by atoms with Crippen LogP contribution in [0.4, 0.5) is 15.8 Å². The van der Waals surface area contributed by atoms with Crippen molar-refractivity contribution in [2.75, 3.05) is 23.4 Å². The molecule has 2 aromatic rings. The van der Waals surface area contributed by atoms with Crippen molar-refractivity contribution in [2.24, 2.45) is 0 Å². The second-order valence-electron chi connectivity index (χ2n) is 5.38. The number of rotatable bonds is 7. The van der Waals surface area contributed by atoms with Crippen LogP contribution in [0.15, 0.2) is 48.5 Å². The lowest BCUT2D eigenvalue weighted by Gasteiger charge is -2.21. The van der Waals surface area contributed by atoms with Crippen molar-refractivity contribution in [3.05, 3.63) is 54.3 Å². The number of carbonyl (C=O) groups excluding carboxylic acids is 2. The molecule has 25 heavy (non-hydrogen) atoms. The Kier molecular flexibility index (Phi) is 6.51. The monoisotopic (exact) mass is 344 g/mol. The lowest BCUT2D eigenvalue weighted by atomic mass is 10.2. The second-order valence-corrected chi connectivity index (χ2v) is 5.38. The second kappa shape index (κ2) is 8.82. The maximum absolute atomic E-state index is 13.4. The molecule has 0 bridgehead atoms. The fourth-order valence-electron chi connectivity index (χ4n) is 2.39. The van der Waals surface area contributed by atoms with Crippen LogP contribution < -0.4 is 15.0 Å². The number of ether oxygens (including phenoxy) is 1. The van der Waals surface area contributed by atoms with E-state index in [0.29, 0.717) is 23.7 Å². The summed E-state index contributed by atoms with van der Waals surface area (Å²) in [5, 5.41) is 2.78. The maximum atomic E-state index is 13.4. The van der Waals surface area contributed by atoms with E-state index in [0.717, 1.165) is 0 Å². The van der Waals surface area contributed by atoms with Crippen LogP contribution >= 0.6 is 0 Å². The first-order valence-corrected chi connectivity index (χ1v) is 8.06. The van der Waals surface area contributed by atoms with Crippen LogP contribution in [0.2, 0.25) is 0 Å². The van der Waals surface area contributed by atoms with E-state index in [9.17, 15) is 14.0 Å². The SMILES string of the molecule is CCOc1ccccc1NC(=O)CCN(C(C)=O)c1cccc(F)c1. The summed E-state index contributed by atoms with van der Waals surface area (Å²) < 4.78 is 18.8. The minimum Gasteiger partial charge on any atom is -0.492 e. The van der Waals surface area contributed by atoms with Gasteiger partial charge in [0, 0.05) is 25.6 Å². The molecule has 132 valence electrons. The van der Waals surface area contributed by atoms with Crippen LogP contribution in [0.1, 0.15) is 20.3 Å². The molecule has 2 aromatic carbocycles. The molecule has 0 saturated heterocycles. The Labute approximate surface area is 146 Å². The van der Waals surface area contributed by atoms with Gasteiger partial charge in [-0.15, -0.1) is 0 Å². The molecule has 0 spiro atoms. The van der Waals surface area contributed by atoms with Gasteiger partial charge >= 0.3 is 0 Å². The largest absolute Gasteiger partial charge is 0.492 e. The average molecular weight is 344 g/mol. The van der Waals surface area contributed by atoms with Gasteiger partial charge in [0.25, 0.3) is 0 Å². The first-order valence-electron chi connectivity index (χ1n) is 8.06. The summed E-state index contributed by atoms with van der Waals surface area (Å²) in [6, 6.07) is 12.9. The fraction of sp³-hybridized carbons (Fsp3) is 0.263. The smallest absolute Gasteiger partial charge is 0.226 e. The zero-order chi connectivity index (χ0) is 18.2. The van der Waals surface area contributed by atoms with E-state index in [1.54, 1.807) is 24.3 Å². The standard InChI is InChI=1S/C19H21FN2O3/c1-3-25-18-10-5-4-9-17(18)21-19(24)11-12-22(14(2)23)16-8-6-7-15(20)13-16/h4-10,13H,3,11-12H2,1-2H3,(H,21,24). The molecule has 0 radical (unpaired) electrons. The number of amides is 2. The fourth-order valence-corrected chi connectivity index (χ4v) is 2.39. The maximum Gasteiger partial charge on any atom is 0.226 e. The summed E-state index contributed by atoms with van der Waals surface area (Å²) in [6.07, 6.45) is 0.0799. The zero-order valence-corrected chi connectivity index (χ0v) is 14.3. The van der Waals surface area contributed by atoms with Gasteiger partial charge < -0.3 is 15.0 Å². The summed E-state index contributed by atoms with van der Waals surface area (Å²) in [5.41, 5.74) is 1.00.